The molecule has 1 aromatic carbocycles. The minimum Gasteiger partial charge on any atom is -0.482 e. The Bertz CT molecular complexity index is 638. The van der Waals surface area contributed by atoms with Crippen LogP contribution in [0.4, 0.5) is 5.69 Å². The molecule has 2 amide bonds. The lowest BCUT2D eigenvalue weighted by Crippen LogP contribution is -2.56. The molecule has 6 heteroatoms. The van der Waals surface area contributed by atoms with Crippen molar-refractivity contribution in [3.8, 4) is 5.75 Å². The summed E-state index contributed by atoms with van der Waals surface area (Å²) in [6, 6.07) is 5.20. The largest absolute Gasteiger partial charge is 0.482 e. The van der Waals surface area contributed by atoms with Gasteiger partial charge in [0.25, 0.3) is 5.91 Å². The molecule has 1 aromatic rings. The molecule has 0 spiro atoms. The maximum atomic E-state index is 12.9. The number of amides is 2. The number of piperazine rings is 1. The Hall–Kier alpha value is -2.08. The Balaban J connectivity index is 1.79. The lowest BCUT2D eigenvalue weighted by Gasteiger charge is -2.39. The maximum absolute atomic E-state index is 12.9. The van der Waals surface area contributed by atoms with E-state index in [-0.39, 0.29) is 18.4 Å². The predicted octanol–water partition coefficient (Wildman–Crippen LogP) is 1.27. The summed E-state index contributed by atoms with van der Waals surface area (Å²) < 4.78 is 5.50. The molecule has 0 bridgehead atoms. The highest BCUT2D eigenvalue weighted by Gasteiger charge is 2.35. The lowest BCUT2D eigenvalue weighted by molar-refractivity contribution is -0.136. The number of fused-ring (bicyclic) bond motifs is 1. The molecule has 6 nitrogen and oxygen atoms in total. The van der Waals surface area contributed by atoms with Crippen LogP contribution in [0.1, 0.15) is 19.4 Å². The van der Waals surface area contributed by atoms with Gasteiger partial charge in [-0.3, -0.25) is 14.5 Å². The molecule has 0 aromatic heterocycles. The maximum Gasteiger partial charge on any atom is 0.265 e. The third-order valence-electron chi connectivity index (χ3n) is 4.87. The molecule has 3 rings (SSSR count). The molecule has 0 N–H and O–H groups in total. The molecule has 0 aliphatic carbocycles. The number of likely N-dealkylation sites (N-methyl/N-ethyl adjacent to an activating group) is 1. The van der Waals surface area contributed by atoms with Crippen LogP contribution < -0.4 is 9.64 Å². The molecule has 2 aliphatic rings. The number of carbonyl (C=O) groups excluding carboxylic acids is 2. The van der Waals surface area contributed by atoms with Gasteiger partial charge in [0.15, 0.2) is 6.61 Å². The van der Waals surface area contributed by atoms with Crippen LogP contribution in [0, 0.1) is 6.92 Å². The number of benzene rings is 1. The zero-order chi connectivity index (χ0) is 17.3. The molecule has 2 aliphatic heterocycles. The van der Waals surface area contributed by atoms with Gasteiger partial charge in [0, 0.05) is 26.2 Å². The third-order valence-corrected chi connectivity index (χ3v) is 4.87. The fourth-order valence-corrected chi connectivity index (χ4v) is 3.36. The molecule has 1 fully saturated rings. The summed E-state index contributed by atoms with van der Waals surface area (Å²) in [4.78, 5) is 31.1. The third kappa shape index (κ3) is 3.11. The molecule has 0 radical (unpaired) electrons. The van der Waals surface area contributed by atoms with Crippen molar-refractivity contribution in [2.45, 2.75) is 26.8 Å². The standard InChI is InChI=1S/C18H25N3O3/c1-4-19-7-9-20(10-8-19)18(23)14(3)21-15-11-13(2)5-6-16(15)24-12-17(21)22/h5-6,11,14H,4,7-10,12H2,1-3H3. The van der Waals surface area contributed by atoms with Gasteiger partial charge in [-0.05, 0) is 38.1 Å². The van der Waals surface area contributed by atoms with Crippen LogP contribution in [0.25, 0.3) is 0 Å². The highest BCUT2D eigenvalue weighted by atomic mass is 16.5. The van der Waals surface area contributed by atoms with Crippen molar-refractivity contribution in [1.82, 2.24) is 9.80 Å². The first-order valence-corrected chi connectivity index (χ1v) is 8.58. The molecular weight excluding hydrogens is 306 g/mol. The second kappa shape index (κ2) is 6.81. The quantitative estimate of drug-likeness (QED) is 0.837. The second-order valence-electron chi connectivity index (χ2n) is 6.46. The van der Waals surface area contributed by atoms with Crippen LogP contribution in [-0.2, 0) is 9.59 Å². The van der Waals surface area contributed by atoms with Gasteiger partial charge >= 0.3 is 0 Å². The van der Waals surface area contributed by atoms with Crippen LogP contribution in [0.5, 0.6) is 5.75 Å². The summed E-state index contributed by atoms with van der Waals surface area (Å²) >= 11 is 0. The Morgan fingerprint density at radius 2 is 1.96 bits per heavy atom. The summed E-state index contributed by atoms with van der Waals surface area (Å²) in [6.07, 6.45) is 0. The van der Waals surface area contributed by atoms with Crippen molar-refractivity contribution >= 4 is 17.5 Å². The normalized spacial score (nSPS) is 19.7. The van der Waals surface area contributed by atoms with Crippen molar-refractivity contribution in [3.05, 3.63) is 23.8 Å². The summed E-state index contributed by atoms with van der Waals surface area (Å²) in [6.45, 7) is 10.1. The van der Waals surface area contributed by atoms with Gasteiger partial charge in [0.1, 0.15) is 11.8 Å². The van der Waals surface area contributed by atoms with Crippen molar-refractivity contribution in [2.24, 2.45) is 0 Å². The summed E-state index contributed by atoms with van der Waals surface area (Å²) in [5.41, 5.74) is 1.73. The average molecular weight is 331 g/mol. The van der Waals surface area contributed by atoms with Crippen LogP contribution in [0.15, 0.2) is 18.2 Å². The van der Waals surface area contributed by atoms with E-state index >= 15 is 0 Å². The summed E-state index contributed by atoms with van der Waals surface area (Å²) in [7, 11) is 0. The van der Waals surface area contributed by atoms with Gasteiger partial charge in [-0.1, -0.05) is 13.0 Å². The minimum absolute atomic E-state index is 0.00783. The van der Waals surface area contributed by atoms with Crippen LogP contribution in [-0.4, -0.2) is 67.0 Å². The molecule has 1 atom stereocenters. The highest BCUT2D eigenvalue weighted by Crippen LogP contribution is 2.34. The molecular formula is C18H25N3O3. The van der Waals surface area contributed by atoms with E-state index in [2.05, 4.69) is 11.8 Å². The van der Waals surface area contributed by atoms with Crippen LogP contribution >= 0.6 is 0 Å². The first kappa shape index (κ1) is 16.8. The van der Waals surface area contributed by atoms with Gasteiger partial charge < -0.3 is 14.5 Å². The fraction of sp³-hybridized carbons (Fsp3) is 0.556. The average Bonchev–Trinajstić information content (AvgIpc) is 2.60. The van der Waals surface area contributed by atoms with E-state index in [9.17, 15) is 9.59 Å². The number of aryl methyl sites for hydroxylation is 1. The monoisotopic (exact) mass is 331 g/mol. The SMILES string of the molecule is CCN1CCN(C(=O)C(C)N2C(=O)COc3ccc(C)cc32)CC1. The summed E-state index contributed by atoms with van der Waals surface area (Å²) in [5, 5.41) is 0. The number of hydrogen-bond donors (Lipinski definition) is 0. The zero-order valence-electron chi connectivity index (χ0n) is 14.6. The van der Waals surface area contributed by atoms with Gasteiger partial charge in [-0.15, -0.1) is 0 Å². The first-order valence-electron chi connectivity index (χ1n) is 8.58. The van der Waals surface area contributed by atoms with E-state index in [4.69, 9.17) is 4.74 Å². The van der Waals surface area contributed by atoms with Crippen molar-refractivity contribution in [1.29, 1.82) is 0 Å². The molecule has 1 saturated heterocycles. The van der Waals surface area contributed by atoms with E-state index in [0.29, 0.717) is 11.4 Å². The predicted molar refractivity (Wildman–Crippen MR) is 92.3 cm³/mol. The number of carbonyl (C=O) groups is 2. The Morgan fingerprint density at radius 1 is 1.25 bits per heavy atom. The molecule has 1 unspecified atom stereocenters. The smallest absolute Gasteiger partial charge is 0.265 e. The molecule has 2 heterocycles. The van der Waals surface area contributed by atoms with E-state index < -0.39 is 6.04 Å². The van der Waals surface area contributed by atoms with Gasteiger partial charge in [0.2, 0.25) is 5.91 Å². The van der Waals surface area contributed by atoms with E-state index in [1.54, 1.807) is 4.90 Å². The topological polar surface area (TPSA) is 53.1 Å². The Labute approximate surface area is 143 Å². The number of ether oxygens (including phenoxy) is 1. The zero-order valence-corrected chi connectivity index (χ0v) is 14.6. The highest BCUT2D eigenvalue weighted by molar-refractivity contribution is 6.03. The number of rotatable bonds is 3. The Morgan fingerprint density at radius 3 is 2.62 bits per heavy atom. The molecule has 24 heavy (non-hydrogen) atoms. The number of nitrogens with zero attached hydrogens (tertiary/aromatic N) is 3. The minimum atomic E-state index is -0.518. The van der Waals surface area contributed by atoms with Crippen molar-refractivity contribution in [3.63, 3.8) is 0 Å². The van der Waals surface area contributed by atoms with Gasteiger partial charge in [-0.25, -0.2) is 0 Å². The lowest BCUT2D eigenvalue weighted by atomic mass is 10.1. The van der Waals surface area contributed by atoms with Crippen LogP contribution in [0.2, 0.25) is 0 Å². The van der Waals surface area contributed by atoms with Gasteiger partial charge in [-0.2, -0.15) is 0 Å². The molecule has 0 saturated carbocycles. The second-order valence-corrected chi connectivity index (χ2v) is 6.46. The van der Waals surface area contributed by atoms with Crippen LogP contribution in [0.3, 0.4) is 0 Å². The number of hydrogen-bond acceptors (Lipinski definition) is 4. The van der Waals surface area contributed by atoms with E-state index in [1.165, 1.54) is 0 Å². The number of anilines is 1. The molecule has 130 valence electrons. The summed E-state index contributed by atoms with van der Waals surface area (Å²) in [5.74, 6) is 0.505. The van der Waals surface area contributed by atoms with Crippen molar-refractivity contribution < 1.29 is 14.3 Å². The van der Waals surface area contributed by atoms with Crippen molar-refractivity contribution in [2.75, 3.05) is 44.2 Å². The van der Waals surface area contributed by atoms with E-state index in [0.717, 1.165) is 38.3 Å². The Kier molecular flexibility index (Phi) is 4.76. The first-order chi connectivity index (χ1) is 11.5. The fourth-order valence-electron chi connectivity index (χ4n) is 3.36. The van der Waals surface area contributed by atoms with E-state index in [1.807, 2.05) is 36.9 Å². The van der Waals surface area contributed by atoms with Gasteiger partial charge in [0.05, 0.1) is 5.69 Å².